The first-order valence-corrected chi connectivity index (χ1v) is 7.90. The molecule has 2 heterocycles. The number of aromatic nitrogens is 1. The highest BCUT2D eigenvalue weighted by Crippen LogP contribution is 2.20. The maximum Gasteiger partial charge on any atom is 0.148 e. The van der Waals surface area contributed by atoms with Crippen LogP contribution in [0.3, 0.4) is 0 Å². The number of anilines is 1. The van der Waals surface area contributed by atoms with Gasteiger partial charge in [-0.05, 0) is 24.6 Å². The first-order chi connectivity index (χ1) is 11.4. The van der Waals surface area contributed by atoms with Gasteiger partial charge in [0.15, 0.2) is 0 Å². The molecule has 3 rings (SSSR count). The van der Waals surface area contributed by atoms with Crippen LogP contribution < -0.4 is 15.0 Å². The summed E-state index contributed by atoms with van der Waals surface area (Å²) in [6.45, 7) is 3.09. The van der Waals surface area contributed by atoms with E-state index in [1.807, 2.05) is 36.5 Å². The van der Waals surface area contributed by atoms with Crippen LogP contribution in [0.5, 0.6) is 5.75 Å². The van der Waals surface area contributed by atoms with Gasteiger partial charge in [0.25, 0.3) is 0 Å². The van der Waals surface area contributed by atoms with Gasteiger partial charge in [0, 0.05) is 37.4 Å². The highest BCUT2D eigenvalue weighted by molar-refractivity contribution is 5.39. The van der Waals surface area contributed by atoms with Crippen molar-refractivity contribution in [2.75, 3.05) is 24.6 Å². The Kier molecular flexibility index (Phi) is 5.13. The summed E-state index contributed by atoms with van der Waals surface area (Å²) >= 11 is 0. The van der Waals surface area contributed by atoms with E-state index < -0.39 is 0 Å². The first-order valence-electron chi connectivity index (χ1n) is 7.90. The summed E-state index contributed by atoms with van der Waals surface area (Å²) in [7, 11) is 0. The van der Waals surface area contributed by atoms with Crippen molar-refractivity contribution in [2.24, 2.45) is 0 Å². The van der Waals surface area contributed by atoms with Crippen LogP contribution >= 0.6 is 0 Å². The second-order valence-corrected chi connectivity index (χ2v) is 5.60. The lowest BCUT2D eigenvalue weighted by Gasteiger charge is -2.18. The quantitative estimate of drug-likeness (QED) is 0.832. The summed E-state index contributed by atoms with van der Waals surface area (Å²) in [6.07, 6.45) is 8.23. The molecule has 4 nitrogen and oxygen atoms in total. The van der Waals surface area contributed by atoms with Crippen LogP contribution in [-0.4, -0.2) is 30.7 Å². The van der Waals surface area contributed by atoms with Crippen LogP contribution in [0.25, 0.3) is 0 Å². The molecule has 1 unspecified atom stereocenters. The molecule has 0 aliphatic carbocycles. The molecule has 2 aromatic rings. The summed E-state index contributed by atoms with van der Waals surface area (Å²) in [6, 6.07) is 14.5. The molecule has 118 valence electrons. The van der Waals surface area contributed by atoms with Crippen LogP contribution in [0, 0.1) is 12.3 Å². The smallest absolute Gasteiger partial charge is 0.148 e. The Morgan fingerprint density at radius 2 is 2.13 bits per heavy atom. The molecule has 0 bridgehead atoms. The predicted molar refractivity (Wildman–Crippen MR) is 92.5 cm³/mol. The van der Waals surface area contributed by atoms with Gasteiger partial charge in [0.05, 0.1) is 0 Å². The lowest BCUT2D eigenvalue weighted by molar-refractivity contribution is 0.363. The molecular formula is C19H21N3O. The number of terminal acetylenes is 1. The molecule has 23 heavy (non-hydrogen) atoms. The van der Waals surface area contributed by atoms with Gasteiger partial charge < -0.3 is 15.0 Å². The highest BCUT2D eigenvalue weighted by atomic mass is 16.5. The number of nitrogens with one attached hydrogen (secondary N) is 1. The van der Waals surface area contributed by atoms with Crippen molar-refractivity contribution in [1.82, 2.24) is 10.3 Å². The zero-order chi connectivity index (χ0) is 15.9. The molecule has 1 aliphatic rings. The predicted octanol–water partition coefficient (Wildman–Crippen LogP) is 2.46. The fourth-order valence-electron chi connectivity index (χ4n) is 2.84. The largest absolute Gasteiger partial charge is 0.481 e. The van der Waals surface area contributed by atoms with Gasteiger partial charge in [0.1, 0.15) is 18.2 Å². The fraction of sp³-hybridized carbons (Fsp3) is 0.316. The number of rotatable bonds is 6. The number of benzene rings is 1. The van der Waals surface area contributed by atoms with E-state index in [4.69, 9.17) is 11.2 Å². The van der Waals surface area contributed by atoms with Crippen molar-refractivity contribution < 1.29 is 4.74 Å². The van der Waals surface area contributed by atoms with Crippen LogP contribution in [0.2, 0.25) is 0 Å². The van der Waals surface area contributed by atoms with E-state index >= 15 is 0 Å². The minimum absolute atomic E-state index is 0.300. The number of hydrogen-bond acceptors (Lipinski definition) is 4. The van der Waals surface area contributed by atoms with Crippen molar-refractivity contribution in [3.05, 3.63) is 54.2 Å². The topological polar surface area (TPSA) is 37.4 Å². The maximum atomic E-state index is 5.60. The summed E-state index contributed by atoms with van der Waals surface area (Å²) in [4.78, 5) is 6.74. The Morgan fingerprint density at radius 3 is 2.96 bits per heavy atom. The van der Waals surface area contributed by atoms with E-state index in [1.54, 1.807) is 0 Å². The summed E-state index contributed by atoms with van der Waals surface area (Å²) in [5.41, 5.74) is 1.14. The van der Waals surface area contributed by atoms with E-state index in [0.717, 1.165) is 43.2 Å². The third-order valence-electron chi connectivity index (χ3n) is 4.03. The Hall–Kier alpha value is -2.51. The standard InChI is InChI=1S/C19H21N3O/c1-2-13-23-18-8-4-3-7-16(18)14-21-17-10-12-22(15-17)19-9-5-6-11-20-19/h1,3-9,11,17,21H,10,12-15H2. The molecule has 0 saturated carbocycles. The van der Waals surface area contributed by atoms with Crippen molar-refractivity contribution in [2.45, 2.75) is 19.0 Å². The third kappa shape index (κ3) is 4.02. The fourth-order valence-corrected chi connectivity index (χ4v) is 2.84. The second kappa shape index (κ2) is 7.66. The summed E-state index contributed by atoms with van der Waals surface area (Å²) < 4.78 is 5.60. The molecule has 0 spiro atoms. The Bertz CT molecular complexity index is 666. The molecule has 1 saturated heterocycles. The minimum Gasteiger partial charge on any atom is -0.481 e. The molecule has 1 fully saturated rings. The molecular weight excluding hydrogens is 286 g/mol. The molecule has 1 aromatic carbocycles. The number of ether oxygens (including phenoxy) is 1. The molecule has 1 N–H and O–H groups in total. The SMILES string of the molecule is C#CCOc1ccccc1CNC1CCN(c2ccccn2)C1. The van der Waals surface area contributed by atoms with Crippen molar-refractivity contribution in [3.63, 3.8) is 0 Å². The van der Waals surface area contributed by atoms with Crippen molar-refractivity contribution in [1.29, 1.82) is 0 Å². The highest BCUT2D eigenvalue weighted by Gasteiger charge is 2.23. The van der Waals surface area contributed by atoms with Crippen molar-refractivity contribution in [3.8, 4) is 18.1 Å². The first kappa shape index (κ1) is 15.4. The van der Waals surface area contributed by atoms with E-state index in [2.05, 4.69) is 33.3 Å². The van der Waals surface area contributed by atoms with Crippen LogP contribution in [0.15, 0.2) is 48.7 Å². The Morgan fingerprint density at radius 1 is 1.26 bits per heavy atom. The Balaban J connectivity index is 1.55. The third-order valence-corrected chi connectivity index (χ3v) is 4.03. The van der Waals surface area contributed by atoms with Gasteiger partial charge in [-0.25, -0.2) is 4.98 Å². The number of pyridine rings is 1. The second-order valence-electron chi connectivity index (χ2n) is 5.60. The average molecular weight is 307 g/mol. The van der Waals surface area contributed by atoms with E-state index in [9.17, 15) is 0 Å². The van der Waals surface area contributed by atoms with Gasteiger partial charge >= 0.3 is 0 Å². The Labute approximate surface area is 137 Å². The monoisotopic (exact) mass is 307 g/mol. The van der Waals surface area contributed by atoms with E-state index in [1.165, 1.54) is 0 Å². The van der Waals surface area contributed by atoms with Crippen LogP contribution in [0.4, 0.5) is 5.82 Å². The van der Waals surface area contributed by atoms with E-state index in [0.29, 0.717) is 12.6 Å². The van der Waals surface area contributed by atoms with Crippen LogP contribution in [0.1, 0.15) is 12.0 Å². The zero-order valence-electron chi connectivity index (χ0n) is 13.1. The summed E-state index contributed by atoms with van der Waals surface area (Å²) in [5, 5.41) is 3.61. The number of nitrogens with zero attached hydrogens (tertiary/aromatic N) is 2. The number of para-hydroxylation sites is 1. The summed E-state index contributed by atoms with van der Waals surface area (Å²) in [5.74, 6) is 4.42. The molecule has 1 aliphatic heterocycles. The molecule has 4 heteroatoms. The molecule has 1 atom stereocenters. The molecule has 0 amide bonds. The van der Waals surface area contributed by atoms with Gasteiger partial charge in [0.2, 0.25) is 0 Å². The maximum absolute atomic E-state index is 5.60. The van der Waals surface area contributed by atoms with Gasteiger partial charge in [-0.2, -0.15) is 0 Å². The molecule has 0 radical (unpaired) electrons. The molecule has 1 aromatic heterocycles. The zero-order valence-corrected chi connectivity index (χ0v) is 13.1. The van der Waals surface area contributed by atoms with Gasteiger partial charge in [-0.1, -0.05) is 30.2 Å². The van der Waals surface area contributed by atoms with E-state index in [-0.39, 0.29) is 0 Å². The normalized spacial score (nSPS) is 17.0. The minimum atomic E-state index is 0.300. The lowest BCUT2D eigenvalue weighted by Crippen LogP contribution is -2.32. The van der Waals surface area contributed by atoms with Crippen LogP contribution in [-0.2, 0) is 6.54 Å². The number of hydrogen-bond donors (Lipinski definition) is 1. The van der Waals surface area contributed by atoms with Gasteiger partial charge in [-0.3, -0.25) is 0 Å². The average Bonchev–Trinajstić information content (AvgIpc) is 3.08. The van der Waals surface area contributed by atoms with Gasteiger partial charge in [-0.15, -0.1) is 6.42 Å². The lowest BCUT2D eigenvalue weighted by atomic mass is 10.2. The van der Waals surface area contributed by atoms with Crippen molar-refractivity contribution >= 4 is 5.82 Å².